The van der Waals surface area contributed by atoms with Crippen molar-refractivity contribution in [2.75, 3.05) is 12.3 Å². The van der Waals surface area contributed by atoms with Gasteiger partial charge < -0.3 is 10.8 Å². The highest BCUT2D eigenvalue weighted by Gasteiger charge is 2.25. The lowest BCUT2D eigenvalue weighted by atomic mass is 10.1. The van der Waals surface area contributed by atoms with E-state index in [1.54, 1.807) is 13.8 Å². The zero-order valence-corrected chi connectivity index (χ0v) is 12.1. The highest BCUT2D eigenvalue weighted by atomic mass is 35.5. The largest absolute Gasteiger partial charge is 0.396 e. The smallest absolute Gasteiger partial charge is 0.242 e. The molecule has 0 saturated heterocycles. The standard InChI is InChI=1S/C11H16ClFN2O3S/c1-6(2)10(5-16)15-19(17,18)11-4-9(14)8(13)3-7(11)12/h3-4,6,10,15-16H,5,14H2,1-2H3. The maximum Gasteiger partial charge on any atom is 0.242 e. The Hall–Kier alpha value is -0.890. The van der Waals surface area contributed by atoms with Crippen LogP contribution in [-0.4, -0.2) is 26.2 Å². The molecule has 0 aliphatic rings. The number of benzene rings is 1. The number of nitrogens with one attached hydrogen (secondary N) is 1. The fourth-order valence-corrected chi connectivity index (χ4v) is 3.32. The molecule has 0 aliphatic carbocycles. The summed E-state index contributed by atoms with van der Waals surface area (Å²) in [4.78, 5) is -0.313. The molecule has 108 valence electrons. The molecule has 0 spiro atoms. The van der Waals surface area contributed by atoms with Crippen molar-refractivity contribution in [1.29, 1.82) is 0 Å². The second kappa shape index (κ2) is 6.04. The average Bonchev–Trinajstić information content (AvgIpc) is 2.30. The van der Waals surface area contributed by atoms with Gasteiger partial charge in [0.15, 0.2) is 0 Å². The van der Waals surface area contributed by atoms with E-state index < -0.39 is 21.9 Å². The minimum absolute atomic E-state index is 0.114. The predicted octanol–water partition coefficient (Wildman–Crippen LogP) is 1.36. The summed E-state index contributed by atoms with van der Waals surface area (Å²) in [5.74, 6) is -0.900. The Labute approximate surface area is 116 Å². The minimum Gasteiger partial charge on any atom is -0.396 e. The maximum absolute atomic E-state index is 13.1. The van der Waals surface area contributed by atoms with Crippen LogP contribution in [0.2, 0.25) is 5.02 Å². The Bertz CT molecular complexity index is 563. The molecule has 0 heterocycles. The normalized spacial score (nSPS) is 13.8. The number of sulfonamides is 1. The van der Waals surface area contributed by atoms with Gasteiger partial charge >= 0.3 is 0 Å². The van der Waals surface area contributed by atoms with Crippen LogP contribution in [0.5, 0.6) is 0 Å². The lowest BCUT2D eigenvalue weighted by Crippen LogP contribution is -2.41. The number of anilines is 1. The van der Waals surface area contributed by atoms with E-state index in [0.717, 1.165) is 12.1 Å². The van der Waals surface area contributed by atoms with Crippen molar-refractivity contribution >= 4 is 27.3 Å². The Morgan fingerprint density at radius 1 is 1.47 bits per heavy atom. The van der Waals surface area contributed by atoms with Crippen LogP contribution in [0.4, 0.5) is 10.1 Å². The van der Waals surface area contributed by atoms with E-state index in [1.807, 2.05) is 0 Å². The highest BCUT2D eigenvalue weighted by Crippen LogP contribution is 2.26. The van der Waals surface area contributed by atoms with Crippen molar-refractivity contribution in [3.8, 4) is 0 Å². The van der Waals surface area contributed by atoms with E-state index in [1.165, 1.54) is 0 Å². The zero-order valence-electron chi connectivity index (χ0n) is 10.5. The van der Waals surface area contributed by atoms with Crippen LogP contribution < -0.4 is 10.5 Å². The van der Waals surface area contributed by atoms with E-state index in [9.17, 15) is 12.8 Å². The molecule has 0 fully saturated rings. The number of aliphatic hydroxyl groups is 1. The molecule has 0 aliphatic heterocycles. The van der Waals surface area contributed by atoms with E-state index in [4.69, 9.17) is 22.4 Å². The van der Waals surface area contributed by atoms with Crippen LogP contribution >= 0.6 is 11.6 Å². The van der Waals surface area contributed by atoms with E-state index in [-0.39, 0.29) is 28.1 Å². The van der Waals surface area contributed by atoms with Crippen molar-refractivity contribution in [2.24, 2.45) is 5.92 Å². The van der Waals surface area contributed by atoms with Crippen molar-refractivity contribution < 1.29 is 17.9 Å². The second-order valence-corrected chi connectivity index (χ2v) is 6.55. The van der Waals surface area contributed by atoms with E-state index in [2.05, 4.69) is 4.72 Å². The first-order valence-corrected chi connectivity index (χ1v) is 7.43. The van der Waals surface area contributed by atoms with Crippen molar-refractivity contribution in [3.63, 3.8) is 0 Å². The molecule has 0 radical (unpaired) electrons. The van der Waals surface area contributed by atoms with Gasteiger partial charge in [0, 0.05) is 6.04 Å². The average molecular weight is 311 g/mol. The number of nitrogens with two attached hydrogens (primary N) is 1. The topological polar surface area (TPSA) is 92.4 Å². The SMILES string of the molecule is CC(C)C(CO)NS(=O)(=O)c1cc(N)c(F)cc1Cl. The fraction of sp³-hybridized carbons (Fsp3) is 0.455. The highest BCUT2D eigenvalue weighted by molar-refractivity contribution is 7.89. The molecule has 1 aromatic rings. The van der Waals surface area contributed by atoms with Crippen LogP contribution in [-0.2, 0) is 10.0 Å². The first-order chi connectivity index (χ1) is 8.69. The number of rotatable bonds is 5. The van der Waals surface area contributed by atoms with Crippen LogP contribution in [0.15, 0.2) is 17.0 Å². The Balaban J connectivity index is 3.17. The molecule has 0 bridgehead atoms. The van der Waals surface area contributed by atoms with Gasteiger partial charge in [-0.2, -0.15) is 0 Å². The van der Waals surface area contributed by atoms with Crippen molar-refractivity contribution in [3.05, 3.63) is 23.0 Å². The van der Waals surface area contributed by atoms with Gasteiger partial charge in [0.25, 0.3) is 0 Å². The monoisotopic (exact) mass is 310 g/mol. The van der Waals surface area contributed by atoms with Gasteiger partial charge in [0.2, 0.25) is 10.0 Å². The van der Waals surface area contributed by atoms with Gasteiger partial charge in [-0.1, -0.05) is 25.4 Å². The molecule has 4 N–H and O–H groups in total. The minimum atomic E-state index is -3.98. The lowest BCUT2D eigenvalue weighted by Gasteiger charge is -2.20. The molecule has 8 heteroatoms. The third-order valence-electron chi connectivity index (χ3n) is 2.65. The van der Waals surface area contributed by atoms with Gasteiger partial charge in [-0.3, -0.25) is 0 Å². The van der Waals surface area contributed by atoms with Gasteiger partial charge in [0.1, 0.15) is 10.7 Å². The number of nitrogen functional groups attached to an aromatic ring is 1. The Morgan fingerprint density at radius 3 is 2.53 bits per heavy atom. The van der Waals surface area contributed by atoms with E-state index >= 15 is 0 Å². The molecule has 0 amide bonds. The van der Waals surface area contributed by atoms with Gasteiger partial charge in [-0.05, 0) is 18.1 Å². The number of aliphatic hydroxyl groups excluding tert-OH is 1. The summed E-state index contributed by atoms with van der Waals surface area (Å²) in [6.45, 7) is 3.15. The summed E-state index contributed by atoms with van der Waals surface area (Å²) in [7, 11) is -3.98. The predicted molar refractivity (Wildman–Crippen MR) is 71.9 cm³/mol. The molecule has 19 heavy (non-hydrogen) atoms. The molecular weight excluding hydrogens is 295 g/mol. The third kappa shape index (κ3) is 3.79. The fourth-order valence-electron chi connectivity index (χ4n) is 1.40. The summed E-state index contributed by atoms with van der Waals surface area (Å²) >= 11 is 5.72. The van der Waals surface area contributed by atoms with Crippen LogP contribution in [0.3, 0.4) is 0 Å². The lowest BCUT2D eigenvalue weighted by molar-refractivity contribution is 0.227. The van der Waals surface area contributed by atoms with Gasteiger partial charge in [-0.15, -0.1) is 0 Å². The quantitative estimate of drug-likeness (QED) is 0.716. The van der Waals surface area contributed by atoms with Crippen molar-refractivity contribution in [1.82, 2.24) is 4.72 Å². The molecule has 5 nitrogen and oxygen atoms in total. The first kappa shape index (κ1) is 16.2. The molecule has 0 aromatic heterocycles. The molecule has 1 unspecified atom stereocenters. The van der Waals surface area contributed by atoms with Gasteiger partial charge in [-0.25, -0.2) is 17.5 Å². The van der Waals surface area contributed by atoms with Crippen LogP contribution in [0, 0.1) is 11.7 Å². The zero-order chi connectivity index (χ0) is 14.8. The van der Waals surface area contributed by atoms with Crippen LogP contribution in [0.1, 0.15) is 13.8 Å². The first-order valence-electron chi connectivity index (χ1n) is 5.56. The summed E-state index contributed by atoms with van der Waals surface area (Å²) in [6.07, 6.45) is 0. The number of halogens is 2. The van der Waals surface area contributed by atoms with Crippen LogP contribution in [0.25, 0.3) is 0 Å². The second-order valence-electron chi connectivity index (χ2n) is 4.46. The molecule has 1 rings (SSSR count). The number of hydrogen-bond donors (Lipinski definition) is 3. The van der Waals surface area contributed by atoms with E-state index in [0.29, 0.717) is 0 Å². The summed E-state index contributed by atoms with van der Waals surface area (Å²) in [6, 6.07) is 1.14. The van der Waals surface area contributed by atoms with Crippen molar-refractivity contribution in [2.45, 2.75) is 24.8 Å². The molecule has 1 atom stereocenters. The Morgan fingerprint density at radius 2 is 2.05 bits per heavy atom. The van der Waals surface area contributed by atoms with Gasteiger partial charge in [0.05, 0.1) is 17.3 Å². The third-order valence-corrected chi connectivity index (χ3v) is 4.60. The molecular formula is C11H16ClFN2O3S. The summed E-state index contributed by atoms with van der Waals surface area (Å²) in [5, 5.41) is 8.87. The number of hydrogen-bond acceptors (Lipinski definition) is 4. The maximum atomic E-state index is 13.1. The summed E-state index contributed by atoms with van der Waals surface area (Å²) < 4.78 is 39.7. The molecule has 0 saturated carbocycles. The molecule has 1 aromatic carbocycles. The summed E-state index contributed by atoms with van der Waals surface area (Å²) in [5.41, 5.74) is 5.02. The Kier molecular flexibility index (Phi) is 5.14.